The minimum absolute atomic E-state index is 0.401. The SMILES string of the molecule is Brc1ccc(OCCC2CCCO2)c(CNC2CC2)c1. The van der Waals surface area contributed by atoms with E-state index in [0.29, 0.717) is 12.1 Å². The topological polar surface area (TPSA) is 30.5 Å². The van der Waals surface area contributed by atoms with Crippen LogP contribution in [0.2, 0.25) is 0 Å². The van der Waals surface area contributed by atoms with Gasteiger partial charge in [-0.05, 0) is 43.9 Å². The maximum atomic E-state index is 5.97. The summed E-state index contributed by atoms with van der Waals surface area (Å²) in [4.78, 5) is 0. The molecule has 20 heavy (non-hydrogen) atoms. The first-order chi connectivity index (χ1) is 9.81. The van der Waals surface area contributed by atoms with Crippen molar-refractivity contribution < 1.29 is 9.47 Å². The van der Waals surface area contributed by atoms with Crippen LogP contribution in [0.3, 0.4) is 0 Å². The van der Waals surface area contributed by atoms with Crippen LogP contribution in [0.15, 0.2) is 22.7 Å². The van der Waals surface area contributed by atoms with Gasteiger partial charge in [-0.1, -0.05) is 15.9 Å². The van der Waals surface area contributed by atoms with E-state index in [1.807, 2.05) is 6.07 Å². The van der Waals surface area contributed by atoms with Crippen LogP contribution in [0, 0.1) is 0 Å². The van der Waals surface area contributed by atoms with Gasteiger partial charge in [-0.2, -0.15) is 0 Å². The number of hydrogen-bond acceptors (Lipinski definition) is 3. The second-order valence-electron chi connectivity index (χ2n) is 5.68. The van der Waals surface area contributed by atoms with Gasteiger partial charge >= 0.3 is 0 Å². The third-order valence-corrected chi connectivity index (χ3v) is 4.40. The molecule has 1 heterocycles. The number of rotatable bonds is 7. The predicted molar refractivity (Wildman–Crippen MR) is 83.1 cm³/mol. The van der Waals surface area contributed by atoms with E-state index in [2.05, 4.69) is 33.4 Å². The van der Waals surface area contributed by atoms with Crippen molar-refractivity contribution in [2.75, 3.05) is 13.2 Å². The van der Waals surface area contributed by atoms with Gasteiger partial charge in [-0.15, -0.1) is 0 Å². The summed E-state index contributed by atoms with van der Waals surface area (Å²) in [7, 11) is 0. The summed E-state index contributed by atoms with van der Waals surface area (Å²) in [5.74, 6) is 0.999. The van der Waals surface area contributed by atoms with Crippen LogP contribution in [-0.4, -0.2) is 25.4 Å². The molecule has 1 aromatic rings. The molecule has 1 aliphatic heterocycles. The number of ether oxygens (including phenoxy) is 2. The fraction of sp³-hybridized carbons (Fsp3) is 0.625. The molecule has 4 heteroatoms. The Morgan fingerprint density at radius 2 is 2.20 bits per heavy atom. The molecule has 1 aliphatic carbocycles. The van der Waals surface area contributed by atoms with Crippen molar-refractivity contribution in [1.29, 1.82) is 0 Å². The Labute approximate surface area is 129 Å². The molecule has 0 radical (unpaired) electrons. The molecule has 1 unspecified atom stereocenters. The zero-order valence-electron chi connectivity index (χ0n) is 11.7. The van der Waals surface area contributed by atoms with Crippen molar-refractivity contribution in [3.05, 3.63) is 28.2 Å². The van der Waals surface area contributed by atoms with Crippen molar-refractivity contribution in [3.8, 4) is 5.75 Å². The Hall–Kier alpha value is -0.580. The van der Waals surface area contributed by atoms with Crippen LogP contribution in [-0.2, 0) is 11.3 Å². The first-order valence-electron chi connectivity index (χ1n) is 7.57. The Kier molecular flexibility index (Phi) is 4.97. The van der Waals surface area contributed by atoms with Crippen LogP contribution < -0.4 is 10.1 Å². The molecular formula is C16H22BrNO2. The molecule has 1 atom stereocenters. The van der Waals surface area contributed by atoms with Crippen molar-refractivity contribution in [2.24, 2.45) is 0 Å². The summed E-state index contributed by atoms with van der Waals surface area (Å²) in [6, 6.07) is 6.97. The Morgan fingerprint density at radius 1 is 1.30 bits per heavy atom. The Bertz CT molecular complexity index is 442. The van der Waals surface area contributed by atoms with Crippen LogP contribution >= 0.6 is 15.9 Å². The molecule has 110 valence electrons. The van der Waals surface area contributed by atoms with Crippen molar-refractivity contribution in [3.63, 3.8) is 0 Å². The minimum Gasteiger partial charge on any atom is -0.493 e. The minimum atomic E-state index is 0.401. The zero-order chi connectivity index (χ0) is 13.8. The van der Waals surface area contributed by atoms with E-state index in [4.69, 9.17) is 9.47 Å². The molecule has 0 amide bonds. The molecule has 2 fully saturated rings. The smallest absolute Gasteiger partial charge is 0.123 e. The molecule has 0 bridgehead atoms. The third kappa shape index (κ3) is 4.21. The van der Waals surface area contributed by atoms with E-state index < -0.39 is 0 Å². The lowest BCUT2D eigenvalue weighted by atomic mass is 10.2. The van der Waals surface area contributed by atoms with Gasteiger partial charge in [0.2, 0.25) is 0 Å². The van der Waals surface area contributed by atoms with E-state index >= 15 is 0 Å². The van der Waals surface area contributed by atoms with E-state index in [9.17, 15) is 0 Å². The van der Waals surface area contributed by atoms with Crippen LogP contribution in [0.1, 0.15) is 37.7 Å². The molecular weight excluding hydrogens is 318 g/mol. The monoisotopic (exact) mass is 339 g/mol. The van der Waals surface area contributed by atoms with Crippen molar-refractivity contribution in [1.82, 2.24) is 5.32 Å². The normalized spacial score (nSPS) is 22.1. The number of benzene rings is 1. The van der Waals surface area contributed by atoms with E-state index in [1.165, 1.54) is 31.2 Å². The summed E-state index contributed by atoms with van der Waals surface area (Å²) in [5.41, 5.74) is 1.23. The average molecular weight is 340 g/mol. The highest BCUT2D eigenvalue weighted by Gasteiger charge is 2.21. The van der Waals surface area contributed by atoms with Gasteiger partial charge in [-0.3, -0.25) is 0 Å². The van der Waals surface area contributed by atoms with Crippen LogP contribution in [0.25, 0.3) is 0 Å². The van der Waals surface area contributed by atoms with Gasteiger partial charge in [0.15, 0.2) is 0 Å². The molecule has 0 spiro atoms. The van der Waals surface area contributed by atoms with Gasteiger partial charge in [0.1, 0.15) is 5.75 Å². The Morgan fingerprint density at radius 3 is 2.95 bits per heavy atom. The predicted octanol–water partition coefficient (Wildman–Crippen LogP) is 3.65. The third-order valence-electron chi connectivity index (χ3n) is 3.90. The van der Waals surface area contributed by atoms with Gasteiger partial charge in [-0.25, -0.2) is 0 Å². The second-order valence-corrected chi connectivity index (χ2v) is 6.60. The molecule has 1 saturated carbocycles. The summed E-state index contributed by atoms with van der Waals surface area (Å²) in [6.45, 7) is 2.54. The molecule has 1 N–H and O–H groups in total. The van der Waals surface area contributed by atoms with Crippen molar-refractivity contribution >= 4 is 15.9 Å². The fourth-order valence-electron chi connectivity index (χ4n) is 2.54. The van der Waals surface area contributed by atoms with Crippen LogP contribution in [0.4, 0.5) is 0 Å². The lowest BCUT2D eigenvalue weighted by Gasteiger charge is -2.14. The fourth-order valence-corrected chi connectivity index (χ4v) is 2.95. The van der Waals surface area contributed by atoms with E-state index in [0.717, 1.165) is 36.4 Å². The number of nitrogens with one attached hydrogen (secondary N) is 1. The highest BCUT2D eigenvalue weighted by atomic mass is 79.9. The maximum absolute atomic E-state index is 5.97. The quantitative estimate of drug-likeness (QED) is 0.822. The van der Waals surface area contributed by atoms with Gasteiger partial charge in [0, 0.05) is 35.7 Å². The second kappa shape index (κ2) is 6.92. The first-order valence-corrected chi connectivity index (χ1v) is 8.37. The highest BCUT2D eigenvalue weighted by molar-refractivity contribution is 9.10. The molecule has 0 aromatic heterocycles. The van der Waals surface area contributed by atoms with Gasteiger partial charge in [0.25, 0.3) is 0 Å². The molecule has 1 saturated heterocycles. The molecule has 2 aliphatic rings. The van der Waals surface area contributed by atoms with Crippen LogP contribution in [0.5, 0.6) is 5.75 Å². The number of hydrogen-bond donors (Lipinski definition) is 1. The number of halogens is 1. The first kappa shape index (κ1) is 14.4. The zero-order valence-corrected chi connectivity index (χ0v) is 13.3. The van der Waals surface area contributed by atoms with E-state index in [-0.39, 0.29) is 0 Å². The molecule has 3 rings (SSSR count). The largest absolute Gasteiger partial charge is 0.493 e. The van der Waals surface area contributed by atoms with E-state index in [1.54, 1.807) is 0 Å². The lowest BCUT2D eigenvalue weighted by Crippen LogP contribution is -2.17. The average Bonchev–Trinajstić information content (AvgIpc) is 3.13. The highest BCUT2D eigenvalue weighted by Crippen LogP contribution is 2.26. The maximum Gasteiger partial charge on any atom is 0.123 e. The standard InChI is InChI=1S/C16H22BrNO2/c17-13-3-6-16(12(10-13)11-18-14-4-5-14)20-9-7-15-2-1-8-19-15/h3,6,10,14-15,18H,1-2,4-5,7-9,11H2. The summed E-state index contributed by atoms with van der Waals surface area (Å²) >= 11 is 3.54. The molecule has 1 aromatic carbocycles. The summed E-state index contributed by atoms with van der Waals surface area (Å²) < 4.78 is 12.7. The summed E-state index contributed by atoms with van der Waals surface area (Å²) in [5, 5.41) is 3.55. The van der Waals surface area contributed by atoms with Crippen molar-refractivity contribution in [2.45, 2.75) is 50.8 Å². The molecule has 3 nitrogen and oxygen atoms in total. The lowest BCUT2D eigenvalue weighted by molar-refractivity contribution is 0.0902. The Balaban J connectivity index is 1.52. The van der Waals surface area contributed by atoms with Gasteiger partial charge in [0.05, 0.1) is 12.7 Å². The summed E-state index contributed by atoms with van der Waals surface area (Å²) in [6.07, 6.45) is 6.38. The van der Waals surface area contributed by atoms with Gasteiger partial charge < -0.3 is 14.8 Å².